The molecule has 7 heteroatoms. The van der Waals surface area contributed by atoms with Crippen LogP contribution < -0.4 is 10.6 Å². The Balaban J connectivity index is 1.80. The number of carbonyl (C=O) groups excluding carboxylic acids is 1. The Morgan fingerprint density at radius 3 is 2.88 bits per heavy atom. The van der Waals surface area contributed by atoms with E-state index in [2.05, 4.69) is 31.6 Å². The van der Waals surface area contributed by atoms with Gasteiger partial charge < -0.3 is 15.5 Å². The normalized spacial score (nSPS) is 15.7. The second-order valence-electron chi connectivity index (χ2n) is 6.44. The lowest BCUT2D eigenvalue weighted by Gasteiger charge is -2.20. The molecule has 0 aliphatic carbocycles. The molecule has 1 aromatic rings. The molecule has 5 nitrogen and oxygen atoms in total. The number of amides is 1. The van der Waals surface area contributed by atoms with Gasteiger partial charge in [0.1, 0.15) is 5.82 Å². The largest absolute Gasteiger partial charge is 0.357 e. The minimum Gasteiger partial charge on any atom is -0.357 e. The molecule has 1 heterocycles. The molecule has 0 atom stereocenters. The van der Waals surface area contributed by atoms with Crippen LogP contribution in [0.1, 0.15) is 44.6 Å². The molecule has 2 rings (SSSR count). The van der Waals surface area contributed by atoms with E-state index < -0.39 is 0 Å². The molecule has 1 saturated heterocycles. The average Bonchev–Trinajstić information content (AvgIpc) is 2.80. The summed E-state index contributed by atoms with van der Waals surface area (Å²) < 4.78 is 14.2. The van der Waals surface area contributed by atoms with Gasteiger partial charge in [-0.15, -0.1) is 0 Å². The number of halogens is 2. The molecule has 1 aromatic carbocycles. The SMILES string of the molecule is CCNC(=NCc1cc(F)cc(Br)c1)NCCCN1CCCCCC1=O. The standard InChI is InChI=1S/C19H28BrFN4O/c1-2-22-19(24-14-15-11-16(20)13-17(21)12-15)23-8-6-10-25-9-5-3-4-7-18(25)26/h11-13H,2-10,14H2,1H3,(H2,22,23,24). The summed E-state index contributed by atoms with van der Waals surface area (Å²) in [5.74, 6) is 0.708. The molecule has 26 heavy (non-hydrogen) atoms. The summed E-state index contributed by atoms with van der Waals surface area (Å²) in [6.45, 7) is 5.55. The van der Waals surface area contributed by atoms with Crippen molar-refractivity contribution in [2.75, 3.05) is 26.2 Å². The monoisotopic (exact) mass is 426 g/mol. The van der Waals surface area contributed by atoms with Gasteiger partial charge in [0.2, 0.25) is 5.91 Å². The maximum atomic E-state index is 13.4. The fourth-order valence-electron chi connectivity index (χ4n) is 2.97. The Morgan fingerprint density at radius 1 is 1.27 bits per heavy atom. The summed E-state index contributed by atoms with van der Waals surface area (Å²) in [5, 5.41) is 6.48. The highest BCUT2D eigenvalue weighted by Gasteiger charge is 2.15. The zero-order chi connectivity index (χ0) is 18.8. The average molecular weight is 427 g/mol. The van der Waals surface area contributed by atoms with Gasteiger partial charge >= 0.3 is 0 Å². The molecule has 0 bridgehead atoms. The van der Waals surface area contributed by atoms with Crippen molar-refractivity contribution in [2.45, 2.75) is 45.6 Å². The van der Waals surface area contributed by atoms with E-state index in [1.54, 1.807) is 0 Å². The first-order valence-electron chi connectivity index (χ1n) is 9.33. The lowest BCUT2D eigenvalue weighted by atomic mass is 10.2. The number of nitrogens with zero attached hydrogens (tertiary/aromatic N) is 2. The molecule has 0 radical (unpaired) electrons. The summed E-state index contributed by atoms with van der Waals surface area (Å²) in [7, 11) is 0. The molecule has 0 saturated carbocycles. The van der Waals surface area contributed by atoms with Gasteiger partial charge in [-0.1, -0.05) is 22.4 Å². The number of likely N-dealkylation sites (tertiary alicyclic amines) is 1. The van der Waals surface area contributed by atoms with Crippen LogP contribution in [0.5, 0.6) is 0 Å². The van der Waals surface area contributed by atoms with Crippen molar-refractivity contribution in [2.24, 2.45) is 4.99 Å². The topological polar surface area (TPSA) is 56.7 Å². The quantitative estimate of drug-likeness (QED) is 0.398. The number of rotatable bonds is 7. The zero-order valence-electron chi connectivity index (χ0n) is 15.4. The van der Waals surface area contributed by atoms with E-state index in [9.17, 15) is 9.18 Å². The lowest BCUT2D eigenvalue weighted by molar-refractivity contribution is -0.130. The number of hydrogen-bond acceptors (Lipinski definition) is 2. The van der Waals surface area contributed by atoms with Gasteiger partial charge in [0.25, 0.3) is 0 Å². The second kappa shape index (κ2) is 11.2. The minimum absolute atomic E-state index is 0.273. The molecule has 144 valence electrons. The van der Waals surface area contributed by atoms with Crippen molar-refractivity contribution in [3.05, 3.63) is 34.1 Å². The molecule has 1 aliphatic heterocycles. The van der Waals surface area contributed by atoms with Crippen LogP contribution in [0.4, 0.5) is 4.39 Å². The van der Waals surface area contributed by atoms with Gasteiger partial charge in [-0.2, -0.15) is 0 Å². The fourth-order valence-corrected chi connectivity index (χ4v) is 3.48. The summed E-state index contributed by atoms with van der Waals surface area (Å²) in [6.07, 6.45) is 4.82. The first-order chi connectivity index (χ1) is 12.6. The molecule has 0 spiro atoms. The van der Waals surface area contributed by atoms with Crippen LogP contribution in [0.2, 0.25) is 0 Å². The smallest absolute Gasteiger partial charge is 0.222 e. The van der Waals surface area contributed by atoms with Gasteiger partial charge in [0.15, 0.2) is 5.96 Å². The van der Waals surface area contributed by atoms with Crippen LogP contribution in [0, 0.1) is 5.82 Å². The van der Waals surface area contributed by atoms with Crippen molar-refractivity contribution >= 4 is 27.8 Å². The third kappa shape index (κ3) is 7.32. The predicted molar refractivity (Wildman–Crippen MR) is 107 cm³/mol. The third-order valence-electron chi connectivity index (χ3n) is 4.25. The molecule has 1 aliphatic rings. The highest BCUT2D eigenvalue weighted by Crippen LogP contribution is 2.15. The molecule has 1 amide bonds. The van der Waals surface area contributed by atoms with Crippen LogP contribution in [0.15, 0.2) is 27.7 Å². The van der Waals surface area contributed by atoms with Crippen LogP contribution in [0.3, 0.4) is 0 Å². The Kier molecular flexibility index (Phi) is 8.88. The number of benzene rings is 1. The van der Waals surface area contributed by atoms with Gasteiger partial charge in [-0.05, 0) is 49.9 Å². The van der Waals surface area contributed by atoms with Gasteiger partial charge in [0, 0.05) is 37.1 Å². The number of carbonyl (C=O) groups is 1. The molecule has 2 N–H and O–H groups in total. The van der Waals surface area contributed by atoms with E-state index in [1.807, 2.05) is 17.9 Å². The molecule has 0 aromatic heterocycles. The van der Waals surface area contributed by atoms with Crippen LogP contribution in [0.25, 0.3) is 0 Å². The van der Waals surface area contributed by atoms with Crippen molar-refractivity contribution in [1.29, 1.82) is 0 Å². The Hall–Kier alpha value is -1.63. The van der Waals surface area contributed by atoms with Gasteiger partial charge in [0.05, 0.1) is 6.54 Å². The zero-order valence-corrected chi connectivity index (χ0v) is 16.9. The molecule has 0 unspecified atom stereocenters. The van der Waals surface area contributed by atoms with E-state index in [1.165, 1.54) is 12.1 Å². The first kappa shape index (κ1) is 20.7. The summed E-state index contributed by atoms with van der Waals surface area (Å²) in [6, 6.07) is 4.78. The van der Waals surface area contributed by atoms with Crippen molar-refractivity contribution < 1.29 is 9.18 Å². The summed E-state index contributed by atoms with van der Waals surface area (Å²) in [5.41, 5.74) is 0.809. The van der Waals surface area contributed by atoms with E-state index in [-0.39, 0.29) is 11.7 Å². The van der Waals surface area contributed by atoms with E-state index >= 15 is 0 Å². The van der Waals surface area contributed by atoms with Gasteiger partial charge in [-0.3, -0.25) is 4.79 Å². The maximum Gasteiger partial charge on any atom is 0.222 e. The molecular weight excluding hydrogens is 399 g/mol. The first-order valence-corrected chi connectivity index (χ1v) is 10.1. The van der Waals surface area contributed by atoms with Crippen molar-refractivity contribution in [3.63, 3.8) is 0 Å². The van der Waals surface area contributed by atoms with E-state index in [0.29, 0.717) is 23.4 Å². The maximum absolute atomic E-state index is 13.4. The molecule has 1 fully saturated rings. The number of aliphatic imine (C=N–C) groups is 1. The number of nitrogens with one attached hydrogen (secondary N) is 2. The van der Waals surface area contributed by atoms with Gasteiger partial charge in [-0.25, -0.2) is 9.38 Å². The summed E-state index contributed by atoms with van der Waals surface area (Å²) >= 11 is 3.30. The lowest BCUT2D eigenvalue weighted by Crippen LogP contribution is -2.39. The van der Waals surface area contributed by atoms with Crippen LogP contribution in [-0.4, -0.2) is 42.9 Å². The predicted octanol–water partition coefficient (Wildman–Crippen LogP) is 3.44. The van der Waals surface area contributed by atoms with Crippen molar-refractivity contribution in [3.8, 4) is 0 Å². The Morgan fingerprint density at radius 2 is 2.12 bits per heavy atom. The highest BCUT2D eigenvalue weighted by molar-refractivity contribution is 9.10. The highest BCUT2D eigenvalue weighted by atomic mass is 79.9. The van der Waals surface area contributed by atoms with E-state index in [4.69, 9.17) is 0 Å². The fraction of sp³-hybridized carbons (Fsp3) is 0.579. The number of hydrogen-bond donors (Lipinski definition) is 2. The van der Waals surface area contributed by atoms with Crippen LogP contribution in [-0.2, 0) is 11.3 Å². The third-order valence-corrected chi connectivity index (χ3v) is 4.71. The van der Waals surface area contributed by atoms with Crippen molar-refractivity contribution in [1.82, 2.24) is 15.5 Å². The number of guanidine groups is 1. The van der Waals surface area contributed by atoms with Crippen LogP contribution >= 0.6 is 15.9 Å². The Bertz CT molecular complexity index is 603. The Labute approximate surface area is 163 Å². The summed E-state index contributed by atoms with van der Waals surface area (Å²) in [4.78, 5) is 18.5. The molecular formula is C19H28BrFN4O. The minimum atomic E-state index is -0.273. The van der Waals surface area contributed by atoms with E-state index in [0.717, 1.165) is 57.4 Å². The second-order valence-corrected chi connectivity index (χ2v) is 7.36.